The summed E-state index contributed by atoms with van der Waals surface area (Å²) in [6.45, 7) is 6.87. The SMILES string of the molecule is CC(C)(C)OC(=O)N(CCCI)CCCC#N. The Balaban J connectivity index is 4.25. The molecule has 1 amide bonds. The van der Waals surface area contributed by atoms with Crippen LogP contribution in [0.4, 0.5) is 4.79 Å². The van der Waals surface area contributed by atoms with Gasteiger partial charge in [-0.1, -0.05) is 22.6 Å². The van der Waals surface area contributed by atoms with E-state index in [0.717, 1.165) is 10.8 Å². The van der Waals surface area contributed by atoms with E-state index in [2.05, 4.69) is 28.7 Å². The highest BCUT2D eigenvalue weighted by atomic mass is 127. The Labute approximate surface area is 117 Å². The Kier molecular flexibility index (Phi) is 8.30. The van der Waals surface area contributed by atoms with Crippen molar-refractivity contribution in [2.45, 2.75) is 45.6 Å². The standard InChI is InChI=1S/C12H21IN2O2/c1-12(2,3)17-11(16)15(10-6-7-13)9-5-4-8-14/h4-7,9-10H2,1-3H3. The molecule has 0 aromatic rings. The summed E-state index contributed by atoms with van der Waals surface area (Å²) in [6, 6.07) is 2.09. The lowest BCUT2D eigenvalue weighted by molar-refractivity contribution is 0.0249. The maximum Gasteiger partial charge on any atom is 0.410 e. The maximum atomic E-state index is 11.9. The van der Waals surface area contributed by atoms with Gasteiger partial charge < -0.3 is 9.64 Å². The number of rotatable bonds is 6. The van der Waals surface area contributed by atoms with Crippen molar-refractivity contribution in [3.63, 3.8) is 0 Å². The lowest BCUT2D eigenvalue weighted by Gasteiger charge is -2.27. The average Bonchev–Trinajstić information content (AvgIpc) is 2.20. The van der Waals surface area contributed by atoms with Gasteiger partial charge in [-0.2, -0.15) is 5.26 Å². The van der Waals surface area contributed by atoms with Crippen LogP contribution >= 0.6 is 22.6 Å². The van der Waals surface area contributed by atoms with Crippen LogP contribution in [0.3, 0.4) is 0 Å². The summed E-state index contributed by atoms with van der Waals surface area (Å²) in [5, 5.41) is 8.49. The maximum absolute atomic E-state index is 11.9. The fraction of sp³-hybridized carbons (Fsp3) is 0.833. The van der Waals surface area contributed by atoms with Crippen molar-refractivity contribution >= 4 is 28.7 Å². The zero-order valence-corrected chi connectivity index (χ0v) is 13.0. The highest BCUT2D eigenvalue weighted by molar-refractivity contribution is 14.1. The number of alkyl halides is 1. The van der Waals surface area contributed by atoms with Gasteiger partial charge in [0.05, 0.1) is 6.07 Å². The van der Waals surface area contributed by atoms with Crippen LogP contribution in [0.5, 0.6) is 0 Å². The molecule has 0 aliphatic carbocycles. The van der Waals surface area contributed by atoms with Crippen LogP contribution in [0.2, 0.25) is 0 Å². The van der Waals surface area contributed by atoms with E-state index >= 15 is 0 Å². The fourth-order valence-electron chi connectivity index (χ4n) is 1.22. The van der Waals surface area contributed by atoms with E-state index < -0.39 is 5.60 Å². The molecule has 0 radical (unpaired) electrons. The summed E-state index contributed by atoms with van der Waals surface area (Å²) in [4.78, 5) is 13.6. The van der Waals surface area contributed by atoms with Crippen molar-refractivity contribution in [1.82, 2.24) is 4.90 Å². The van der Waals surface area contributed by atoms with Crippen molar-refractivity contribution in [3.8, 4) is 6.07 Å². The molecule has 0 N–H and O–H groups in total. The number of carbonyl (C=O) groups is 1. The second-order valence-corrected chi connectivity index (χ2v) is 5.85. The van der Waals surface area contributed by atoms with Gasteiger partial charge in [0.15, 0.2) is 0 Å². The van der Waals surface area contributed by atoms with Crippen LogP contribution in [-0.4, -0.2) is 34.1 Å². The first kappa shape index (κ1) is 16.5. The molecule has 4 nitrogen and oxygen atoms in total. The molecule has 0 saturated carbocycles. The zero-order chi connectivity index (χ0) is 13.3. The summed E-state index contributed by atoms with van der Waals surface area (Å²) < 4.78 is 6.34. The number of nitriles is 1. The van der Waals surface area contributed by atoms with Crippen LogP contribution < -0.4 is 0 Å². The molecule has 0 rings (SSSR count). The van der Waals surface area contributed by atoms with Crippen LogP contribution in [-0.2, 0) is 4.74 Å². The third-order valence-corrected chi connectivity index (χ3v) is 2.69. The summed E-state index contributed by atoms with van der Waals surface area (Å²) in [5.74, 6) is 0. The average molecular weight is 352 g/mol. The Morgan fingerprint density at radius 2 is 1.94 bits per heavy atom. The Morgan fingerprint density at radius 1 is 1.35 bits per heavy atom. The van der Waals surface area contributed by atoms with Crippen molar-refractivity contribution in [2.75, 3.05) is 17.5 Å². The summed E-state index contributed by atoms with van der Waals surface area (Å²) >= 11 is 2.29. The van der Waals surface area contributed by atoms with E-state index in [4.69, 9.17) is 10.00 Å². The van der Waals surface area contributed by atoms with Crippen molar-refractivity contribution < 1.29 is 9.53 Å². The van der Waals surface area contributed by atoms with Crippen LogP contribution in [0.1, 0.15) is 40.0 Å². The van der Waals surface area contributed by atoms with E-state index in [9.17, 15) is 4.79 Å². The molecule has 0 aliphatic heterocycles. The first-order valence-electron chi connectivity index (χ1n) is 5.81. The highest BCUT2D eigenvalue weighted by Crippen LogP contribution is 2.11. The minimum absolute atomic E-state index is 0.278. The molecule has 0 atom stereocenters. The molecule has 0 saturated heterocycles. The Hall–Kier alpha value is -0.510. The quantitative estimate of drug-likeness (QED) is 0.419. The molecule has 0 aliphatic rings. The second kappa shape index (κ2) is 8.56. The number of carbonyl (C=O) groups excluding carboxylic acids is 1. The number of unbranched alkanes of at least 4 members (excludes halogenated alkanes) is 1. The number of halogens is 1. The second-order valence-electron chi connectivity index (χ2n) is 4.77. The molecule has 98 valence electrons. The molecule has 0 aromatic carbocycles. The third-order valence-electron chi connectivity index (χ3n) is 1.93. The summed E-state index contributed by atoms with van der Waals surface area (Å²) in [5.41, 5.74) is -0.463. The smallest absolute Gasteiger partial charge is 0.410 e. The number of nitrogens with zero attached hydrogens (tertiary/aromatic N) is 2. The van der Waals surface area contributed by atoms with Gasteiger partial charge in [-0.15, -0.1) is 0 Å². The van der Waals surface area contributed by atoms with Gasteiger partial charge in [0, 0.05) is 23.9 Å². The van der Waals surface area contributed by atoms with Gasteiger partial charge >= 0.3 is 6.09 Å². The van der Waals surface area contributed by atoms with Crippen LogP contribution in [0.15, 0.2) is 0 Å². The lowest BCUT2D eigenvalue weighted by atomic mass is 10.2. The Morgan fingerprint density at radius 3 is 2.41 bits per heavy atom. The number of hydrogen-bond donors (Lipinski definition) is 0. The first-order chi connectivity index (χ1) is 7.90. The van der Waals surface area contributed by atoms with Gasteiger partial charge in [-0.25, -0.2) is 4.79 Å². The normalized spacial score (nSPS) is 10.8. The molecule has 0 unspecified atom stereocenters. The number of hydrogen-bond acceptors (Lipinski definition) is 3. The molecule has 0 heterocycles. The van der Waals surface area contributed by atoms with Gasteiger partial charge in [-0.05, 0) is 33.6 Å². The van der Waals surface area contributed by atoms with E-state index in [0.29, 0.717) is 25.9 Å². The van der Waals surface area contributed by atoms with E-state index in [1.165, 1.54) is 0 Å². The molecule has 0 aromatic heterocycles. The van der Waals surface area contributed by atoms with Crippen LogP contribution in [0, 0.1) is 11.3 Å². The minimum Gasteiger partial charge on any atom is -0.444 e. The van der Waals surface area contributed by atoms with Gasteiger partial charge in [0.1, 0.15) is 5.60 Å². The molecule has 17 heavy (non-hydrogen) atoms. The van der Waals surface area contributed by atoms with Crippen molar-refractivity contribution in [1.29, 1.82) is 5.26 Å². The van der Waals surface area contributed by atoms with Gasteiger partial charge in [0.2, 0.25) is 0 Å². The van der Waals surface area contributed by atoms with Gasteiger partial charge in [-0.3, -0.25) is 0 Å². The predicted molar refractivity (Wildman–Crippen MR) is 76.2 cm³/mol. The number of ether oxygens (including phenoxy) is 1. The fourth-order valence-corrected chi connectivity index (χ4v) is 1.56. The number of amides is 1. The lowest BCUT2D eigenvalue weighted by Crippen LogP contribution is -2.38. The molecule has 5 heteroatoms. The molecular formula is C12H21IN2O2. The predicted octanol–water partition coefficient (Wildman–Crippen LogP) is 3.35. The topological polar surface area (TPSA) is 53.3 Å². The monoisotopic (exact) mass is 352 g/mol. The first-order valence-corrected chi connectivity index (χ1v) is 7.34. The minimum atomic E-state index is -0.463. The van der Waals surface area contributed by atoms with E-state index in [1.54, 1.807) is 4.90 Å². The Bertz CT molecular complexity index is 269. The highest BCUT2D eigenvalue weighted by Gasteiger charge is 2.21. The van der Waals surface area contributed by atoms with E-state index in [1.807, 2.05) is 20.8 Å². The van der Waals surface area contributed by atoms with Crippen LogP contribution in [0.25, 0.3) is 0 Å². The van der Waals surface area contributed by atoms with Crippen molar-refractivity contribution in [2.24, 2.45) is 0 Å². The third kappa shape index (κ3) is 9.22. The van der Waals surface area contributed by atoms with Gasteiger partial charge in [0.25, 0.3) is 0 Å². The summed E-state index contributed by atoms with van der Waals surface area (Å²) in [6.07, 6.45) is 1.85. The molecule has 0 fully saturated rings. The zero-order valence-electron chi connectivity index (χ0n) is 10.8. The molecule has 0 spiro atoms. The molecular weight excluding hydrogens is 331 g/mol. The van der Waals surface area contributed by atoms with E-state index in [-0.39, 0.29) is 6.09 Å². The van der Waals surface area contributed by atoms with Crippen molar-refractivity contribution in [3.05, 3.63) is 0 Å². The largest absolute Gasteiger partial charge is 0.444 e. The summed E-state index contributed by atoms with van der Waals surface area (Å²) in [7, 11) is 0. The molecule has 0 bridgehead atoms.